The number of hydrogen-bond acceptors (Lipinski definition) is 4. The van der Waals surface area contributed by atoms with Gasteiger partial charge in [0.2, 0.25) is 0 Å². The molecular weight excluding hydrogens is 376 g/mol. The quantitative estimate of drug-likeness (QED) is 0.357. The van der Waals surface area contributed by atoms with Gasteiger partial charge in [-0.15, -0.1) is 0 Å². The maximum Gasteiger partial charge on any atom is 0.330 e. The third-order valence-electron chi connectivity index (χ3n) is 6.11. The molecule has 2 saturated carbocycles. The summed E-state index contributed by atoms with van der Waals surface area (Å²) in [6, 6.07) is 6.92. The predicted octanol–water partition coefficient (Wildman–Crippen LogP) is 5.73. The highest BCUT2D eigenvalue weighted by Gasteiger charge is 2.34. The fourth-order valence-corrected chi connectivity index (χ4v) is 4.67. The first kappa shape index (κ1) is 20.9. The highest BCUT2D eigenvalue weighted by molar-refractivity contribution is 6.30. The van der Waals surface area contributed by atoms with Crippen molar-refractivity contribution in [1.82, 2.24) is 0 Å². The number of halogens is 1. The van der Waals surface area contributed by atoms with Gasteiger partial charge < -0.3 is 9.47 Å². The molecule has 1 aromatic carbocycles. The molecule has 28 heavy (non-hydrogen) atoms. The Bertz CT molecular complexity index is 681. The largest absolute Gasteiger partial charge is 0.459 e. The molecule has 0 spiro atoms. The maximum atomic E-state index is 12.4. The summed E-state index contributed by atoms with van der Waals surface area (Å²) in [4.78, 5) is 24.0. The van der Waals surface area contributed by atoms with Gasteiger partial charge in [-0.25, -0.2) is 4.79 Å². The Morgan fingerprint density at radius 3 is 2.07 bits per heavy atom. The van der Waals surface area contributed by atoms with Crippen LogP contribution in [0.15, 0.2) is 36.4 Å². The first-order valence-corrected chi connectivity index (χ1v) is 10.7. The third kappa shape index (κ3) is 5.84. The van der Waals surface area contributed by atoms with Gasteiger partial charge in [0.1, 0.15) is 11.9 Å². The number of esters is 2. The van der Waals surface area contributed by atoms with Crippen molar-refractivity contribution < 1.29 is 19.1 Å². The molecule has 0 aliphatic heterocycles. The Kier molecular flexibility index (Phi) is 7.55. The molecule has 2 aliphatic rings. The Morgan fingerprint density at radius 2 is 1.50 bits per heavy atom. The molecule has 0 radical (unpaired) electrons. The lowest BCUT2D eigenvalue weighted by Gasteiger charge is -2.37. The van der Waals surface area contributed by atoms with Gasteiger partial charge in [-0.3, -0.25) is 4.79 Å². The highest BCUT2D eigenvalue weighted by atomic mass is 35.5. The molecule has 0 atom stereocenters. The molecule has 3 rings (SSSR count). The van der Waals surface area contributed by atoms with Crippen LogP contribution in [0.1, 0.15) is 58.3 Å². The summed E-state index contributed by atoms with van der Waals surface area (Å²) in [5.74, 6) is 1.55. The molecule has 2 aliphatic carbocycles. The van der Waals surface area contributed by atoms with E-state index in [1.807, 2.05) is 6.92 Å². The predicted molar refractivity (Wildman–Crippen MR) is 109 cm³/mol. The van der Waals surface area contributed by atoms with E-state index in [0.29, 0.717) is 22.6 Å². The monoisotopic (exact) mass is 404 g/mol. The lowest BCUT2D eigenvalue weighted by molar-refractivity contribution is -0.145. The van der Waals surface area contributed by atoms with Crippen LogP contribution in [0.25, 0.3) is 0 Å². The second-order valence-electron chi connectivity index (χ2n) is 7.96. The van der Waals surface area contributed by atoms with E-state index in [0.717, 1.165) is 51.4 Å². The minimum Gasteiger partial charge on any atom is -0.459 e. The van der Waals surface area contributed by atoms with Crippen LogP contribution in [-0.4, -0.2) is 18.0 Å². The summed E-state index contributed by atoms with van der Waals surface area (Å²) in [7, 11) is 0. The second kappa shape index (κ2) is 10.1. The topological polar surface area (TPSA) is 52.6 Å². The average Bonchev–Trinajstić information content (AvgIpc) is 2.70. The van der Waals surface area contributed by atoms with Gasteiger partial charge in [-0.1, -0.05) is 17.7 Å². The molecule has 2 fully saturated rings. The number of carbonyl (C=O) groups excluding carboxylic acids is 2. The minimum atomic E-state index is -0.231. The standard InChI is InChI=1S/C23H29ClO4/c1-2-3-22(25)27-20-12-8-17(9-13-20)16-4-6-18(7-5-16)23(26)28-21-14-10-19(24)11-15-21/h2-3,10-11,14-18,20H,4-9,12-13H2,1H3/b3-2+/t16-,17-,18-,20-. The molecule has 0 amide bonds. The van der Waals surface area contributed by atoms with Crippen LogP contribution in [0.4, 0.5) is 0 Å². The van der Waals surface area contributed by atoms with Crippen molar-refractivity contribution in [1.29, 1.82) is 0 Å². The van der Waals surface area contributed by atoms with Crippen molar-refractivity contribution in [2.45, 2.75) is 64.4 Å². The number of ether oxygens (including phenoxy) is 2. The van der Waals surface area contributed by atoms with Gasteiger partial charge in [0, 0.05) is 11.1 Å². The van der Waals surface area contributed by atoms with Crippen molar-refractivity contribution in [3.63, 3.8) is 0 Å². The van der Waals surface area contributed by atoms with E-state index in [2.05, 4.69) is 0 Å². The number of allylic oxidation sites excluding steroid dienone is 1. The lowest BCUT2D eigenvalue weighted by atomic mass is 9.70. The van der Waals surface area contributed by atoms with E-state index in [9.17, 15) is 9.59 Å². The summed E-state index contributed by atoms with van der Waals surface area (Å²) in [6.07, 6.45) is 11.3. The Balaban J connectivity index is 1.40. The van der Waals surface area contributed by atoms with Gasteiger partial charge in [0.25, 0.3) is 0 Å². The molecule has 0 saturated heterocycles. The summed E-state index contributed by atoms with van der Waals surface area (Å²) in [5, 5.41) is 0.631. The fourth-order valence-electron chi connectivity index (χ4n) is 4.55. The molecule has 4 nitrogen and oxygen atoms in total. The molecule has 152 valence electrons. The van der Waals surface area contributed by atoms with Crippen LogP contribution in [0.5, 0.6) is 5.75 Å². The van der Waals surface area contributed by atoms with Crippen molar-refractivity contribution in [2.75, 3.05) is 0 Å². The molecule has 0 bridgehead atoms. The first-order chi connectivity index (χ1) is 13.5. The number of carbonyl (C=O) groups is 2. The molecule has 0 heterocycles. The number of benzene rings is 1. The van der Waals surface area contributed by atoms with Gasteiger partial charge in [-0.2, -0.15) is 0 Å². The Hall–Kier alpha value is -1.81. The zero-order valence-electron chi connectivity index (χ0n) is 16.4. The zero-order valence-corrected chi connectivity index (χ0v) is 17.2. The van der Waals surface area contributed by atoms with Crippen LogP contribution in [0, 0.1) is 17.8 Å². The van der Waals surface area contributed by atoms with E-state index in [4.69, 9.17) is 21.1 Å². The normalized spacial score (nSPS) is 28.1. The van der Waals surface area contributed by atoms with E-state index < -0.39 is 0 Å². The minimum absolute atomic E-state index is 0.00921. The van der Waals surface area contributed by atoms with Crippen molar-refractivity contribution >= 4 is 23.5 Å². The summed E-state index contributed by atoms with van der Waals surface area (Å²) < 4.78 is 11.0. The smallest absolute Gasteiger partial charge is 0.330 e. The van der Waals surface area contributed by atoms with E-state index >= 15 is 0 Å². The maximum absolute atomic E-state index is 12.4. The Morgan fingerprint density at radius 1 is 0.929 bits per heavy atom. The van der Waals surface area contributed by atoms with Gasteiger partial charge in [0.05, 0.1) is 5.92 Å². The molecule has 1 aromatic rings. The van der Waals surface area contributed by atoms with Crippen LogP contribution < -0.4 is 4.74 Å². The average molecular weight is 405 g/mol. The first-order valence-electron chi connectivity index (χ1n) is 10.4. The Labute approximate surface area is 172 Å². The molecule has 0 N–H and O–H groups in total. The highest BCUT2D eigenvalue weighted by Crippen LogP contribution is 2.41. The van der Waals surface area contributed by atoms with Crippen LogP contribution in [-0.2, 0) is 14.3 Å². The SMILES string of the molecule is C/C=C/C(=O)O[C@H]1CC[C@H]([C@H]2CC[C@H](C(=O)Oc3ccc(Cl)cc3)CC2)CC1. The fraction of sp³-hybridized carbons (Fsp3) is 0.565. The van der Waals surface area contributed by atoms with E-state index in [-0.39, 0.29) is 24.0 Å². The van der Waals surface area contributed by atoms with Gasteiger partial charge >= 0.3 is 11.9 Å². The second-order valence-corrected chi connectivity index (χ2v) is 8.40. The van der Waals surface area contributed by atoms with E-state index in [1.54, 1.807) is 30.3 Å². The number of rotatable bonds is 5. The molecular formula is C23H29ClO4. The van der Waals surface area contributed by atoms with Crippen LogP contribution in [0.2, 0.25) is 5.02 Å². The third-order valence-corrected chi connectivity index (χ3v) is 6.36. The summed E-state index contributed by atoms with van der Waals surface area (Å²) in [6.45, 7) is 1.82. The van der Waals surface area contributed by atoms with Gasteiger partial charge in [0.15, 0.2) is 0 Å². The van der Waals surface area contributed by atoms with Gasteiger partial charge in [-0.05, 0) is 94.4 Å². The van der Waals surface area contributed by atoms with Crippen molar-refractivity contribution in [3.8, 4) is 5.75 Å². The van der Waals surface area contributed by atoms with Crippen LogP contribution in [0.3, 0.4) is 0 Å². The van der Waals surface area contributed by atoms with Crippen molar-refractivity contribution in [2.24, 2.45) is 17.8 Å². The van der Waals surface area contributed by atoms with E-state index in [1.165, 1.54) is 6.08 Å². The zero-order chi connectivity index (χ0) is 19.9. The molecule has 0 aromatic heterocycles. The number of hydrogen-bond donors (Lipinski definition) is 0. The van der Waals surface area contributed by atoms with Crippen LogP contribution >= 0.6 is 11.6 Å². The lowest BCUT2D eigenvalue weighted by Crippen LogP contribution is -2.31. The molecule has 0 unspecified atom stereocenters. The van der Waals surface area contributed by atoms with Crippen molar-refractivity contribution in [3.05, 3.63) is 41.4 Å². The molecule has 5 heteroatoms. The summed E-state index contributed by atoms with van der Waals surface area (Å²) >= 11 is 5.87. The summed E-state index contributed by atoms with van der Waals surface area (Å²) in [5.41, 5.74) is 0.